The number of benzene rings is 1. The Bertz CT molecular complexity index is 470. The minimum Gasteiger partial charge on any atom is -0.481 e. The third-order valence-electron chi connectivity index (χ3n) is 3.53. The van der Waals surface area contributed by atoms with Crippen LogP contribution in [0.2, 0.25) is 0 Å². The van der Waals surface area contributed by atoms with Crippen LogP contribution in [0, 0.1) is 0 Å². The second-order valence-corrected chi connectivity index (χ2v) is 5.18. The predicted octanol–water partition coefficient (Wildman–Crippen LogP) is 0.717. The van der Waals surface area contributed by atoms with E-state index in [1.165, 1.54) is 0 Å². The number of nitrogens with zero attached hydrogens (tertiary/aromatic N) is 2. The lowest BCUT2D eigenvalue weighted by Gasteiger charge is -2.33. The lowest BCUT2D eigenvalue weighted by molar-refractivity contribution is -0.137. The second-order valence-electron chi connectivity index (χ2n) is 5.18. The van der Waals surface area contributed by atoms with Crippen molar-refractivity contribution in [3.05, 3.63) is 30.3 Å². The van der Waals surface area contributed by atoms with E-state index in [0.717, 1.165) is 31.9 Å². The Labute approximate surface area is 124 Å². The number of carboxylic acids is 1. The number of aliphatic carboxylic acids is 1. The fraction of sp³-hybridized carbons (Fsp3) is 0.467. The van der Waals surface area contributed by atoms with Gasteiger partial charge in [0.1, 0.15) is 0 Å². The number of hydrogen-bond donors (Lipinski definition) is 2. The molecule has 1 saturated heterocycles. The molecule has 114 valence electrons. The van der Waals surface area contributed by atoms with Crippen LogP contribution in [0.25, 0.3) is 0 Å². The molecule has 0 spiro atoms. The van der Waals surface area contributed by atoms with E-state index in [1.807, 2.05) is 30.3 Å². The monoisotopic (exact) mass is 291 g/mol. The molecule has 1 heterocycles. The highest BCUT2D eigenvalue weighted by Gasteiger charge is 2.19. The summed E-state index contributed by atoms with van der Waals surface area (Å²) in [6.07, 6.45) is 0.175. The van der Waals surface area contributed by atoms with Crippen molar-refractivity contribution in [3.8, 4) is 0 Å². The summed E-state index contributed by atoms with van der Waals surface area (Å²) < 4.78 is 0. The molecule has 6 nitrogen and oxygen atoms in total. The molecule has 0 bridgehead atoms. The quantitative estimate of drug-likeness (QED) is 0.808. The van der Waals surface area contributed by atoms with Crippen molar-refractivity contribution >= 4 is 17.6 Å². The fourth-order valence-corrected chi connectivity index (χ4v) is 2.35. The summed E-state index contributed by atoms with van der Waals surface area (Å²) in [6, 6.07) is 9.41. The predicted molar refractivity (Wildman–Crippen MR) is 80.2 cm³/mol. The molecule has 1 aromatic rings. The number of carboxylic acid groups (broad SMARTS) is 1. The molecule has 21 heavy (non-hydrogen) atoms. The highest BCUT2D eigenvalue weighted by atomic mass is 16.4. The molecule has 0 aromatic heterocycles. The van der Waals surface area contributed by atoms with Crippen LogP contribution in [-0.4, -0.2) is 66.1 Å². The van der Waals surface area contributed by atoms with Crippen LogP contribution in [-0.2, 0) is 9.59 Å². The molecule has 1 amide bonds. The van der Waals surface area contributed by atoms with Crippen LogP contribution in [0.1, 0.15) is 6.42 Å². The van der Waals surface area contributed by atoms with Gasteiger partial charge in [0.05, 0.1) is 13.0 Å². The Morgan fingerprint density at radius 2 is 1.67 bits per heavy atom. The number of rotatable bonds is 6. The topological polar surface area (TPSA) is 72.9 Å². The number of para-hydroxylation sites is 1. The fourth-order valence-electron chi connectivity index (χ4n) is 2.35. The van der Waals surface area contributed by atoms with Gasteiger partial charge in [0.15, 0.2) is 0 Å². The largest absolute Gasteiger partial charge is 0.481 e. The lowest BCUT2D eigenvalue weighted by atomic mass is 10.2. The second kappa shape index (κ2) is 7.75. The van der Waals surface area contributed by atoms with E-state index >= 15 is 0 Å². The molecule has 1 aromatic carbocycles. The molecular weight excluding hydrogens is 270 g/mol. The molecule has 0 aliphatic carbocycles. The Kier molecular flexibility index (Phi) is 5.71. The lowest BCUT2D eigenvalue weighted by Crippen LogP contribution is -2.48. The van der Waals surface area contributed by atoms with Gasteiger partial charge < -0.3 is 15.3 Å². The Morgan fingerprint density at radius 1 is 1.05 bits per heavy atom. The molecular formula is C15H21N3O3. The first-order chi connectivity index (χ1) is 10.1. The number of amides is 1. The zero-order chi connectivity index (χ0) is 15.1. The van der Waals surface area contributed by atoms with E-state index < -0.39 is 5.97 Å². The summed E-state index contributed by atoms with van der Waals surface area (Å²) in [5.41, 5.74) is 0.808. The van der Waals surface area contributed by atoms with Gasteiger partial charge in [-0.2, -0.15) is 0 Å². The smallest absolute Gasteiger partial charge is 0.304 e. The van der Waals surface area contributed by atoms with E-state index in [2.05, 4.69) is 15.1 Å². The van der Waals surface area contributed by atoms with E-state index in [9.17, 15) is 9.59 Å². The Morgan fingerprint density at radius 3 is 2.29 bits per heavy atom. The third kappa shape index (κ3) is 5.53. The maximum Gasteiger partial charge on any atom is 0.304 e. The maximum atomic E-state index is 11.9. The first-order valence-electron chi connectivity index (χ1n) is 7.15. The Hall–Kier alpha value is -1.92. The average Bonchev–Trinajstić information content (AvgIpc) is 2.47. The molecule has 6 heteroatoms. The van der Waals surface area contributed by atoms with E-state index in [1.54, 1.807) is 0 Å². The van der Waals surface area contributed by atoms with Gasteiger partial charge in [0.2, 0.25) is 5.91 Å². The van der Waals surface area contributed by atoms with Crippen molar-refractivity contribution in [2.45, 2.75) is 6.42 Å². The molecule has 2 rings (SSSR count). The third-order valence-corrected chi connectivity index (χ3v) is 3.53. The van der Waals surface area contributed by atoms with Crippen molar-refractivity contribution in [1.82, 2.24) is 9.80 Å². The minimum atomic E-state index is -0.764. The molecule has 0 atom stereocenters. The van der Waals surface area contributed by atoms with Gasteiger partial charge >= 0.3 is 5.97 Å². The number of nitrogens with one attached hydrogen (secondary N) is 1. The van der Waals surface area contributed by atoms with Crippen LogP contribution >= 0.6 is 0 Å². The number of carbonyl (C=O) groups is 2. The number of carbonyl (C=O) groups excluding carboxylic acids is 1. The van der Waals surface area contributed by atoms with E-state index in [0.29, 0.717) is 13.1 Å². The van der Waals surface area contributed by atoms with Crippen molar-refractivity contribution < 1.29 is 14.7 Å². The van der Waals surface area contributed by atoms with Crippen LogP contribution in [0.3, 0.4) is 0 Å². The summed E-state index contributed by atoms with van der Waals surface area (Å²) in [7, 11) is 0. The zero-order valence-corrected chi connectivity index (χ0v) is 12.0. The van der Waals surface area contributed by atoms with Crippen molar-refractivity contribution in [2.24, 2.45) is 0 Å². The summed E-state index contributed by atoms with van der Waals surface area (Å²) in [5.74, 6) is -0.778. The van der Waals surface area contributed by atoms with Crippen LogP contribution < -0.4 is 5.32 Å². The van der Waals surface area contributed by atoms with E-state index in [4.69, 9.17) is 5.11 Å². The van der Waals surface area contributed by atoms with Crippen LogP contribution in [0.5, 0.6) is 0 Å². The first-order valence-corrected chi connectivity index (χ1v) is 7.15. The van der Waals surface area contributed by atoms with Gasteiger partial charge in [0.25, 0.3) is 0 Å². The number of piperazine rings is 1. The van der Waals surface area contributed by atoms with Gasteiger partial charge in [-0.25, -0.2) is 0 Å². The summed E-state index contributed by atoms with van der Waals surface area (Å²) in [5, 5.41) is 11.5. The van der Waals surface area contributed by atoms with Crippen molar-refractivity contribution in [3.63, 3.8) is 0 Å². The van der Waals surface area contributed by atoms with Gasteiger partial charge in [-0.05, 0) is 12.1 Å². The summed E-state index contributed by atoms with van der Waals surface area (Å²) in [4.78, 5) is 26.7. The normalized spacial score (nSPS) is 16.6. The molecule has 2 N–H and O–H groups in total. The highest BCUT2D eigenvalue weighted by Crippen LogP contribution is 2.06. The molecule has 1 aliphatic heterocycles. The SMILES string of the molecule is O=C(O)CCN1CCN(CC(=O)Nc2ccccc2)CC1. The van der Waals surface area contributed by atoms with Gasteiger partial charge in [0, 0.05) is 38.4 Å². The summed E-state index contributed by atoms with van der Waals surface area (Å²) >= 11 is 0. The first kappa shape index (κ1) is 15.5. The van der Waals surface area contributed by atoms with Crippen molar-refractivity contribution in [1.29, 1.82) is 0 Å². The highest BCUT2D eigenvalue weighted by molar-refractivity contribution is 5.92. The van der Waals surface area contributed by atoms with Gasteiger partial charge in [-0.3, -0.25) is 14.5 Å². The van der Waals surface area contributed by atoms with Gasteiger partial charge in [-0.15, -0.1) is 0 Å². The van der Waals surface area contributed by atoms with Crippen LogP contribution in [0.15, 0.2) is 30.3 Å². The standard InChI is InChI=1S/C15H21N3O3/c19-14(16-13-4-2-1-3-5-13)12-18-10-8-17(9-11-18)7-6-15(20)21/h1-5H,6-12H2,(H,16,19)(H,20,21). The maximum absolute atomic E-state index is 11.9. The van der Waals surface area contributed by atoms with Gasteiger partial charge in [-0.1, -0.05) is 18.2 Å². The van der Waals surface area contributed by atoms with Crippen molar-refractivity contribution in [2.75, 3.05) is 44.6 Å². The molecule has 1 fully saturated rings. The number of hydrogen-bond acceptors (Lipinski definition) is 4. The van der Waals surface area contributed by atoms with E-state index in [-0.39, 0.29) is 12.3 Å². The molecule has 1 aliphatic rings. The number of anilines is 1. The molecule has 0 radical (unpaired) electrons. The Balaban J connectivity index is 1.68. The summed E-state index contributed by atoms with van der Waals surface area (Å²) in [6.45, 7) is 4.17. The zero-order valence-electron chi connectivity index (χ0n) is 12.0. The average molecular weight is 291 g/mol. The minimum absolute atomic E-state index is 0.0137. The van der Waals surface area contributed by atoms with Crippen LogP contribution in [0.4, 0.5) is 5.69 Å². The molecule has 0 saturated carbocycles. The molecule has 0 unspecified atom stereocenters.